The van der Waals surface area contributed by atoms with Crippen molar-refractivity contribution in [3.63, 3.8) is 0 Å². The lowest BCUT2D eigenvalue weighted by Gasteiger charge is -2.01. The molecule has 2 aromatic rings. The molecule has 0 aliphatic heterocycles. The van der Waals surface area contributed by atoms with Gasteiger partial charge >= 0.3 is 12.1 Å². The van der Waals surface area contributed by atoms with Crippen LogP contribution in [0.4, 0.5) is 13.2 Å². The Morgan fingerprint density at radius 3 is 2.44 bits per heavy atom. The summed E-state index contributed by atoms with van der Waals surface area (Å²) in [5, 5.41) is 11.6. The first kappa shape index (κ1) is 20.4. The first-order chi connectivity index (χ1) is 11.6. The fourth-order valence-corrected chi connectivity index (χ4v) is 2.26. The standard InChI is InChI=1S/C12H13N3O2S.C2HF3O2/c1-8(16)11-4-9(6-18-11)12(17)14-3-2-10-5-13-7-15-10;3-2(4,5)1(6)7/h4-7H,2-3H2,1H3,(H,13,15)(H,14,17);(H,6,7). The second kappa shape index (κ2) is 8.97. The number of aliphatic carboxylic acids is 1. The Hall–Kier alpha value is -2.69. The predicted octanol–water partition coefficient (Wildman–Crippen LogP) is 2.28. The number of halogens is 3. The number of carbonyl (C=O) groups is 3. The topological polar surface area (TPSA) is 112 Å². The van der Waals surface area contributed by atoms with Crippen LogP contribution in [0.1, 0.15) is 32.6 Å². The van der Waals surface area contributed by atoms with Gasteiger partial charge < -0.3 is 15.4 Å². The normalized spacial score (nSPS) is 10.6. The molecule has 136 valence electrons. The van der Waals surface area contributed by atoms with E-state index in [9.17, 15) is 22.8 Å². The van der Waals surface area contributed by atoms with E-state index < -0.39 is 12.1 Å². The zero-order chi connectivity index (χ0) is 19.0. The lowest BCUT2D eigenvalue weighted by molar-refractivity contribution is -0.192. The minimum absolute atomic E-state index is 0.0171. The zero-order valence-electron chi connectivity index (χ0n) is 12.9. The van der Waals surface area contributed by atoms with Crippen molar-refractivity contribution in [1.82, 2.24) is 15.3 Å². The molecule has 2 rings (SSSR count). The molecule has 0 spiro atoms. The zero-order valence-corrected chi connectivity index (χ0v) is 13.7. The molecule has 0 saturated carbocycles. The largest absolute Gasteiger partial charge is 0.490 e. The van der Waals surface area contributed by atoms with Gasteiger partial charge in [0, 0.05) is 30.2 Å². The summed E-state index contributed by atoms with van der Waals surface area (Å²) in [6, 6.07) is 1.62. The Balaban J connectivity index is 0.000000381. The van der Waals surface area contributed by atoms with E-state index in [4.69, 9.17) is 9.90 Å². The summed E-state index contributed by atoms with van der Waals surface area (Å²) < 4.78 is 31.7. The number of rotatable bonds is 5. The maximum Gasteiger partial charge on any atom is 0.490 e. The van der Waals surface area contributed by atoms with Crippen LogP contribution < -0.4 is 5.32 Å². The molecule has 0 unspecified atom stereocenters. The summed E-state index contributed by atoms with van der Waals surface area (Å²) in [7, 11) is 0. The fraction of sp³-hybridized carbons (Fsp3) is 0.286. The number of Topliss-reactive ketones (excluding diaryl/α,β-unsaturated/α-hetero) is 1. The lowest BCUT2D eigenvalue weighted by atomic mass is 10.2. The molecule has 0 fully saturated rings. The van der Waals surface area contributed by atoms with E-state index in [0.717, 1.165) is 5.69 Å². The van der Waals surface area contributed by atoms with Gasteiger partial charge in [0.25, 0.3) is 5.91 Å². The number of ketones is 1. The number of amides is 1. The van der Waals surface area contributed by atoms with Crippen LogP contribution in [0.3, 0.4) is 0 Å². The number of carbonyl (C=O) groups excluding carboxylic acids is 2. The molecule has 0 bridgehead atoms. The smallest absolute Gasteiger partial charge is 0.475 e. The Morgan fingerprint density at radius 2 is 2.00 bits per heavy atom. The summed E-state index contributed by atoms with van der Waals surface area (Å²) in [5.41, 5.74) is 1.51. The number of imidazole rings is 1. The second-order valence-corrected chi connectivity index (χ2v) is 5.55. The average Bonchev–Trinajstić information content (AvgIpc) is 3.18. The summed E-state index contributed by atoms with van der Waals surface area (Å²) in [4.78, 5) is 39.2. The Bertz CT molecular complexity index is 726. The van der Waals surface area contributed by atoms with Crippen molar-refractivity contribution >= 4 is 29.0 Å². The molecule has 11 heteroatoms. The minimum Gasteiger partial charge on any atom is -0.475 e. The van der Waals surface area contributed by atoms with Crippen LogP contribution in [-0.2, 0) is 11.2 Å². The highest BCUT2D eigenvalue weighted by Gasteiger charge is 2.38. The van der Waals surface area contributed by atoms with E-state index in [-0.39, 0.29) is 11.7 Å². The third-order valence-electron chi connectivity index (χ3n) is 2.69. The van der Waals surface area contributed by atoms with Crippen LogP contribution in [-0.4, -0.2) is 45.5 Å². The molecule has 2 heterocycles. The molecule has 25 heavy (non-hydrogen) atoms. The third kappa shape index (κ3) is 7.16. The maximum atomic E-state index is 11.8. The summed E-state index contributed by atoms with van der Waals surface area (Å²) >= 11 is 1.29. The predicted molar refractivity (Wildman–Crippen MR) is 82.6 cm³/mol. The number of nitrogens with zero attached hydrogens (tertiary/aromatic N) is 1. The molecule has 0 saturated heterocycles. The van der Waals surface area contributed by atoms with Gasteiger partial charge in [0.15, 0.2) is 5.78 Å². The number of hydrogen-bond acceptors (Lipinski definition) is 5. The van der Waals surface area contributed by atoms with E-state index in [0.29, 0.717) is 23.4 Å². The summed E-state index contributed by atoms with van der Waals surface area (Å²) in [6.45, 7) is 2.03. The number of aromatic nitrogens is 2. The highest BCUT2D eigenvalue weighted by atomic mass is 32.1. The van der Waals surface area contributed by atoms with Crippen molar-refractivity contribution in [2.24, 2.45) is 0 Å². The van der Waals surface area contributed by atoms with Crippen LogP contribution in [0.2, 0.25) is 0 Å². The van der Waals surface area contributed by atoms with Crippen molar-refractivity contribution in [2.75, 3.05) is 6.54 Å². The van der Waals surface area contributed by atoms with Gasteiger partial charge in [-0.05, 0) is 13.0 Å². The molecular formula is C14H14F3N3O4S. The Labute approximate surface area is 143 Å². The molecule has 1 amide bonds. The number of nitrogens with one attached hydrogen (secondary N) is 2. The van der Waals surface area contributed by atoms with Crippen molar-refractivity contribution in [1.29, 1.82) is 0 Å². The number of carboxylic acid groups (broad SMARTS) is 1. The lowest BCUT2D eigenvalue weighted by Crippen LogP contribution is -2.25. The van der Waals surface area contributed by atoms with Crippen molar-refractivity contribution < 1.29 is 32.7 Å². The molecule has 0 atom stereocenters. The summed E-state index contributed by atoms with van der Waals surface area (Å²) in [5.74, 6) is -2.93. The first-order valence-corrected chi connectivity index (χ1v) is 7.64. The van der Waals surface area contributed by atoms with Crippen molar-refractivity contribution in [3.8, 4) is 0 Å². The molecule has 0 radical (unpaired) electrons. The molecule has 3 N–H and O–H groups in total. The van der Waals surface area contributed by atoms with Gasteiger partial charge in [0.1, 0.15) is 0 Å². The quantitative estimate of drug-likeness (QED) is 0.692. The highest BCUT2D eigenvalue weighted by molar-refractivity contribution is 7.12. The molecule has 2 aromatic heterocycles. The third-order valence-corrected chi connectivity index (χ3v) is 3.72. The van der Waals surface area contributed by atoms with Gasteiger partial charge in [0.2, 0.25) is 0 Å². The number of alkyl halides is 3. The monoisotopic (exact) mass is 377 g/mol. The van der Waals surface area contributed by atoms with Crippen LogP contribution in [0.15, 0.2) is 24.0 Å². The highest BCUT2D eigenvalue weighted by Crippen LogP contribution is 2.15. The van der Waals surface area contributed by atoms with Gasteiger partial charge in [-0.15, -0.1) is 11.3 Å². The maximum absolute atomic E-state index is 11.8. The molecule has 0 aliphatic carbocycles. The molecule has 0 aromatic carbocycles. The second-order valence-electron chi connectivity index (χ2n) is 4.64. The molecule has 7 nitrogen and oxygen atoms in total. The van der Waals surface area contributed by atoms with E-state index in [2.05, 4.69) is 15.3 Å². The minimum atomic E-state index is -5.08. The van der Waals surface area contributed by atoms with Crippen LogP contribution >= 0.6 is 11.3 Å². The molecule has 0 aliphatic rings. The Kier molecular flexibility index (Phi) is 7.30. The van der Waals surface area contributed by atoms with E-state index >= 15 is 0 Å². The average molecular weight is 377 g/mol. The number of H-pyrrole nitrogens is 1. The molecular weight excluding hydrogens is 363 g/mol. The van der Waals surface area contributed by atoms with Crippen LogP contribution in [0, 0.1) is 0 Å². The number of hydrogen-bond donors (Lipinski definition) is 3. The number of thiophene rings is 1. The van der Waals surface area contributed by atoms with Gasteiger partial charge in [0.05, 0.1) is 16.8 Å². The van der Waals surface area contributed by atoms with Gasteiger partial charge in [-0.25, -0.2) is 9.78 Å². The van der Waals surface area contributed by atoms with E-state index in [1.165, 1.54) is 18.3 Å². The van der Waals surface area contributed by atoms with E-state index in [1.807, 2.05) is 0 Å². The van der Waals surface area contributed by atoms with Crippen molar-refractivity contribution in [2.45, 2.75) is 19.5 Å². The van der Waals surface area contributed by atoms with E-state index in [1.54, 1.807) is 24.0 Å². The van der Waals surface area contributed by atoms with Gasteiger partial charge in [-0.3, -0.25) is 9.59 Å². The van der Waals surface area contributed by atoms with Crippen LogP contribution in [0.25, 0.3) is 0 Å². The fourth-order valence-electron chi connectivity index (χ4n) is 1.47. The number of aromatic amines is 1. The van der Waals surface area contributed by atoms with Gasteiger partial charge in [-0.1, -0.05) is 0 Å². The first-order valence-electron chi connectivity index (χ1n) is 6.76. The summed E-state index contributed by atoms with van der Waals surface area (Å²) in [6.07, 6.45) is -1.05. The Morgan fingerprint density at radius 1 is 1.36 bits per heavy atom. The van der Waals surface area contributed by atoms with Gasteiger partial charge in [-0.2, -0.15) is 13.2 Å². The van der Waals surface area contributed by atoms with Crippen molar-refractivity contribution in [3.05, 3.63) is 40.1 Å². The number of carboxylic acids is 1. The van der Waals surface area contributed by atoms with Crippen LogP contribution in [0.5, 0.6) is 0 Å². The SMILES string of the molecule is CC(=O)c1cc(C(=O)NCCc2cnc[nH]2)cs1.O=C(O)C(F)(F)F.